The van der Waals surface area contributed by atoms with E-state index in [1.807, 2.05) is 30.3 Å². The van der Waals surface area contributed by atoms with Crippen molar-refractivity contribution in [2.75, 3.05) is 19.7 Å². The SMILES string of the molecule is O=C(O)COC1CCN(C(=O)OCc2ccccc2)CC1. The van der Waals surface area contributed by atoms with Crippen LogP contribution in [0.5, 0.6) is 0 Å². The Morgan fingerprint density at radius 3 is 2.48 bits per heavy atom. The largest absolute Gasteiger partial charge is 0.480 e. The summed E-state index contributed by atoms with van der Waals surface area (Å²) in [6, 6.07) is 9.51. The highest BCUT2D eigenvalue weighted by atomic mass is 16.6. The highest BCUT2D eigenvalue weighted by Crippen LogP contribution is 2.15. The van der Waals surface area contributed by atoms with E-state index in [1.165, 1.54) is 0 Å². The van der Waals surface area contributed by atoms with Crippen LogP contribution in [0.3, 0.4) is 0 Å². The van der Waals surface area contributed by atoms with Gasteiger partial charge in [-0.2, -0.15) is 0 Å². The number of amides is 1. The molecule has 0 atom stereocenters. The molecule has 0 radical (unpaired) electrons. The molecule has 1 aliphatic rings. The minimum atomic E-state index is -0.972. The molecular formula is C15H19NO5. The van der Waals surface area contributed by atoms with Crippen LogP contribution in [0.25, 0.3) is 0 Å². The lowest BCUT2D eigenvalue weighted by Crippen LogP contribution is -2.41. The zero-order valence-corrected chi connectivity index (χ0v) is 11.7. The minimum absolute atomic E-state index is 0.0979. The topological polar surface area (TPSA) is 76.1 Å². The zero-order chi connectivity index (χ0) is 15.1. The van der Waals surface area contributed by atoms with Crippen molar-refractivity contribution >= 4 is 12.1 Å². The number of carbonyl (C=O) groups excluding carboxylic acids is 1. The van der Waals surface area contributed by atoms with Gasteiger partial charge in [-0.1, -0.05) is 30.3 Å². The van der Waals surface area contributed by atoms with Gasteiger partial charge in [0, 0.05) is 13.1 Å². The van der Waals surface area contributed by atoms with Crippen LogP contribution < -0.4 is 0 Å². The lowest BCUT2D eigenvalue weighted by molar-refractivity contribution is -0.145. The van der Waals surface area contributed by atoms with Gasteiger partial charge in [0.15, 0.2) is 0 Å². The van der Waals surface area contributed by atoms with Crippen LogP contribution >= 0.6 is 0 Å². The van der Waals surface area contributed by atoms with E-state index in [0.29, 0.717) is 25.9 Å². The van der Waals surface area contributed by atoms with E-state index >= 15 is 0 Å². The Kier molecular flexibility index (Phi) is 5.57. The van der Waals surface area contributed by atoms with Crippen molar-refractivity contribution in [2.45, 2.75) is 25.6 Å². The fourth-order valence-corrected chi connectivity index (χ4v) is 2.20. The average Bonchev–Trinajstić information content (AvgIpc) is 2.52. The number of likely N-dealkylation sites (tertiary alicyclic amines) is 1. The van der Waals surface area contributed by atoms with Gasteiger partial charge in [0.05, 0.1) is 6.10 Å². The molecule has 0 aliphatic carbocycles. The predicted octanol–water partition coefficient (Wildman–Crippen LogP) is 1.89. The Balaban J connectivity index is 1.69. The van der Waals surface area contributed by atoms with Gasteiger partial charge in [0.1, 0.15) is 13.2 Å². The molecule has 1 N–H and O–H groups in total. The predicted molar refractivity (Wildman–Crippen MR) is 74.8 cm³/mol. The van der Waals surface area contributed by atoms with Crippen molar-refractivity contribution in [1.29, 1.82) is 0 Å². The van der Waals surface area contributed by atoms with E-state index in [-0.39, 0.29) is 25.4 Å². The molecule has 6 heteroatoms. The summed E-state index contributed by atoms with van der Waals surface area (Å²) in [5, 5.41) is 8.55. The molecule has 1 aliphatic heterocycles. The number of aliphatic carboxylic acids is 1. The Morgan fingerprint density at radius 2 is 1.86 bits per heavy atom. The number of hydrogen-bond acceptors (Lipinski definition) is 4. The molecule has 0 aromatic heterocycles. The molecule has 1 aromatic carbocycles. The Hall–Kier alpha value is -2.08. The normalized spacial score (nSPS) is 15.7. The third kappa shape index (κ3) is 5.07. The van der Waals surface area contributed by atoms with Gasteiger partial charge in [-0.15, -0.1) is 0 Å². The number of carboxylic acids is 1. The molecule has 2 rings (SSSR count). The number of nitrogens with zero attached hydrogens (tertiary/aromatic N) is 1. The Bertz CT molecular complexity index is 468. The summed E-state index contributed by atoms with van der Waals surface area (Å²) in [5.41, 5.74) is 0.950. The van der Waals surface area contributed by atoms with Crippen molar-refractivity contribution in [1.82, 2.24) is 4.90 Å². The van der Waals surface area contributed by atoms with E-state index in [4.69, 9.17) is 14.6 Å². The molecule has 21 heavy (non-hydrogen) atoms. The molecule has 1 amide bonds. The van der Waals surface area contributed by atoms with Crippen LogP contribution in [0.2, 0.25) is 0 Å². The smallest absolute Gasteiger partial charge is 0.410 e. The Labute approximate surface area is 123 Å². The maximum absolute atomic E-state index is 11.9. The molecule has 0 saturated carbocycles. The summed E-state index contributed by atoms with van der Waals surface area (Å²) in [5.74, 6) is -0.972. The van der Waals surface area contributed by atoms with Crippen LogP contribution in [0.1, 0.15) is 18.4 Å². The molecule has 6 nitrogen and oxygen atoms in total. The van der Waals surface area contributed by atoms with Crippen LogP contribution in [-0.4, -0.2) is 47.9 Å². The third-order valence-corrected chi connectivity index (χ3v) is 3.35. The van der Waals surface area contributed by atoms with Crippen molar-refractivity contribution < 1.29 is 24.2 Å². The van der Waals surface area contributed by atoms with Gasteiger partial charge in [-0.05, 0) is 18.4 Å². The first-order valence-corrected chi connectivity index (χ1v) is 6.94. The van der Waals surface area contributed by atoms with E-state index in [1.54, 1.807) is 4.90 Å². The van der Waals surface area contributed by atoms with Crippen molar-refractivity contribution in [2.24, 2.45) is 0 Å². The summed E-state index contributed by atoms with van der Waals surface area (Å²) in [4.78, 5) is 24.0. The quantitative estimate of drug-likeness (QED) is 0.897. The number of carbonyl (C=O) groups is 2. The number of hydrogen-bond donors (Lipinski definition) is 1. The monoisotopic (exact) mass is 293 g/mol. The molecule has 1 fully saturated rings. The summed E-state index contributed by atoms with van der Waals surface area (Å²) in [6.07, 6.45) is 0.830. The van der Waals surface area contributed by atoms with Gasteiger partial charge in [0.2, 0.25) is 0 Å². The minimum Gasteiger partial charge on any atom is -0.480 e. The maximum atomic E-state index is 11.9. The lowest BCUT2D eigenvalue weighted by Gasteiger charge is -2.30. The average molecular weight is 293 g/mol. The molecule has 1 aromatic rings. The van der Waals surface area contributed by atoms with Crippen LogP contribution in [0.15, 0.2) is 30.3 Å². The van der Waals surface area contributed by atoms with Crippen molar-refractivity contribution in [3.05, 3.63) is 35.9 Å². The summed E-state index contributed by atoms with van der Waals surface area (Å²) in [6.45, 7) is 1.02. The standard InChI is InChI=1S/C15H19NO5/c17-14(18)11-20-13-6-8-16(9-7-13)15(19)21-10-12-4-2-1-3-5-12/h1-5,13H,6-11H2,(H,17,18). The van der Waals surface area contributed by atoms with Crippen LogP contribution in [0.4, 0.5) is 4.79 Å². The second-order valence-corrected chi connectivity index (χ2v) is 4.93. The number of ether oxygens (including phenoxy) is 2. The first-order valence-electron chi connectivity index (χ1n) is 6.94. The van der Waals surface area contributed by atoms with Crippen molar-refractivity contribution in [3.8, 4) is 0 Å². The second-order valence-electron chi connectivity index (χ2n) is 4.93. The summed E-state index contributed by atoms with van der Waals surface area (Å²) >= 11 is 0. The van der Waals surface area contributed by atoms with Crippen molar-refractivity contribution in [3.63, 3.8) is 0 Å². The van der Waals surface area contributed by atoms with Gasteiger partial charge in [-0.3, -0.25) is 0 Å². The molecule has 0 unspecified atom stereocenters. The highest BCUT2D eigenvalue weighted by molar-refractivity contribution is 5.68. The first kappa shape index (κ1) is 15.3. The number of carboxylic acid groups (broad SMARTS) is 1. The van der Waals surface area contributed by atoms with Crippen LogP contribution in [-0.2, 0) is 20.9 Å². The maximum Gasteiger partial charge on any atom is 0.410 e. The molecule has 0 bridgehead atoms. The third-order valence-electron chi connectivity index (χ3n) is 3.35. The molecule has 114 valence electrons. The van der Waals surface area contributed by atoms with Crippen LogP contribution in [0, 0.1) is 0 Å². The Morgan fingerprint density at radius 1 is 1.19 bits per heavy atom. The number of rotatable bonds is 5. The second kappa shape index (κ2) is 7.64. The highest BCUT2D eigenvalue weighted by Gasteiger charge is 2.24. The van der Waals surface area contributed by atoms with E-state index < -0.39 is 5.97 Å². The fourth-order valence-electron chi connectivity index (χ4n) is 2.20. The molecular weight excluding hydrogens is 274 g/mol. The molecule has 1 saturated heterocycles. The summed E-state index contributed by atoms with van der Waals surface area (Å²) < 4.78 is 10.5. The van der Waals surface area contributed by atoms with Gasteiger partial charge >= 0.3 is 12.1 Å². The van der Waals surface area contributed by atoms with E-state index in [0.717, 1.165) is 5.56 Å². The molecule has 0 spiro atoms. The van der Waals surface area contributed by atoms with Gasteiger partial charge in [0.25, 0.3) is 0 Å². The number of benzene rings is 1. The summed E-state index contributed by atoms with van der Waals surface area (Å²) in [7, 11) is 0. The van der Waals surface area contributed by atoms with Gasteiger partial charge in [-0.25, -0.2) is 9.59 Å². The van der Waals surface area contributed by atoms with E-state index in [9.17, 15) is 9.59 Å². The lowest BCUT2D eigenvalue weighted by atomic mass is 10.1. The van der Waals surface area contributed by atoms with Gasteiger partial charge < -0.3 is 19.5 Å². The first-order chi connectivity index (χ1) is 10.1. The zero-order valence-electron chi connectivity index (χ0n) is 11.7. The van der Waals surface area contributed by atoms with E-state index in [2.05, 4.69) is 0 Å². The molecule has 1 heterocycles. The fraction of sp³-hybridized carbons (Fsp3) is 0.467. The number of piperidine rings is 1.